The molecule has 0 saturated carbocycles. The van der Waals surface area contributed by atoms with E-state index in [1.54, 1.807) is 18.3 Å². The van der Waals surface area contributed by atoms with Crippen molar-refractivity contribution in [3.8, 4) is 22.5 Å². The van der Waals surface area contributed by atoms with Crippen LogP contribution in [-0.4, -0.2) is 23.4 Å². The maximum absolute atomic E-state index is 13.0. The molecular formula is C32H23IrN3O2S-2. The Morgan fingerprint density at radius 3 is 2.38 bits per heavy atom. The van der Waals surface area contributed by atoms with Gasteiger partial charge < -0.3 is 15.0 Å². The maximum Gasteiger partial charge on any atom is 0.188 e. The summed E-state index contributed by atoms with van der Waals surface area (Å²) in [5.74, 6) is 0. The van der Waals surface area contributed by atoms with Gasteiger partial charge in [0.25, 0.3) is 0 Å². The third-order valence-corrected chi connectivity index (χ3v) is 8.56. The molecule has 0 fully saturated rings. The molecular weight excluding hydrogens is 683 g/mol. The minimum atomic E-state index is -3.68. The van der Waals surface area contributed by atoms with Crippen LogP contribution in [0, 0.1) is 32.9 Å². The summed E-state index contributed by atoms with van der Waals surface area (Å²) in [5, 5.41) is 3.47. The molecule has 0 aliphatic carbocycles. The van der Waals surface area contributed by atoms with Crippen molar-refractivity contribution in [2.75, 3.05) is 0 Å². The standard InChI is InChI=1S/C18H9N2O2S.C14H14N.Ir/c21-23(22)15-10-11-4-1-2-5-12(11)13-7-9-19-17(16(13)15)14-6-3-8-20-18(14)23;1-10-4-6-13(7-5-10)14-8-11(2)12(3)9-15-14;/h1-5,7-10H;4-6,8-9H,1-3H3;/q2*-1;. The Balaban J connectivity index is 0.000000169. The summed E-state index contributed by atoms with van der Waals surface area (Å²) >= 11 is 0. The first-order chi connectivity index (χ1) is 18.3. The topological polar surface area (TPSA) is 72.8 Å². The average molecular weight is 706 g/mol. The van der Waals surface area contributed by atoms with Crippen LogP contribution >= 0.6 is 0 Å². The minimum absolute atomic E-state index is 0. The molecule has 0 spiro atoms. The zero-order valence-electron chi connectivity index (χ0n) is 21.5. The molecule has 6 aromatic rings. The number of aromatic nitrogens is 3. The van der Waals surface area contributed by atoms with Gasteiger partial charge in [0.15, 0.2) is 9.84 Å². The fourth-order valence-corrected chi connectivity index (χ4v) is 6.27. The van der Waals surface area contributed by atoms with Crippen molar-refractivity contribution in [2.24, 2.45) is 0 Å². The van der Waals surface area contributed by atoms with Crippen LogP contribution in [0.3, 0.4) is 0 Å². The summed E-state index contributed by atoms with van der Waals surface area (Å²) in [7, 11) is -3.68. The normalized spacial score (nSPS) is 12.7. The number of nitrogens with zero attached hydrogens (tertiary/aromatic N) is 3. The number of sulfone groups is 1. The van der Waals surface area contributed by atoms with Crippen molar-refractivity contribution in [3.63, 3.8) is 0 Å². The van der Waals surface area contributed by atoms with Crippen molar-refractivity contribution in [3.05, 3.63) is 114 Å². The van der Waals surface area contributed by atoms with E-state index in [1.807, 2.05) is 42.6 Å². The summed E-state index contributed by atoms with van der Waals surface area (Å²) in [5.41, 5.74) is 6.85. The number of rotatable bonds is 1. The van der Waals surface area contributed by atoms with Crippen LogP contribution in [0.4, 0.5) is 0 Å². The third kappa shape index (κ3) is 4.67. The van der Waals surface area contributed by atoms with E-state index < -0.39 is 9.84 Å². The summed E-state index contributed by atoms with van der Waals surface area (Å²) in [6.45, 7) is 6.24. The van der Waals surface area contributed by atoms with Gasteiger partial charge in [-0.1, -0.05) is 54.6 Å². The van der Waals surface area contributed by atoms with E-state index in [0.29, 0.717) is 16.6 Å². The van der Waals surface area contributed by atoms with Crippen LogP contribution in [-0.2, 0) is 29.9 Å². The Hall–Kier alpha value is -3.77. The van der Waals surface area contributed by atoms with E-state index in [4.69, 9.17) is 0 Å². The fourth-order valence-electron chi connectivity index (χ4n) is 4.68. The quantitative estimate of drug-likeness (QED) is 0.138. The van der Waals surface area contributed by atoms with Gasteiger partial charge in [0, 0.05) is 32.5 Å². The predicted molar refractivity (Wildman–Crippen MR) is 149 cm³/mol. The second-order valence-corrected chi connectivity index (χ2v) is 11.2. The van der Waals surface area contributed by atoms with Crippen molar-refractivity contribution < 1.29 is 28.5 Å². The van der Waals surface area contributed by atoms with E-state index in [0.717, 1.165) is 27.4 Å². The largest absolute Gasteiger partial charge is 0.340 e. The van der Waals surface area contributed by atoms with Crippen LogP contribution in [0.2, 0.25) is 0 Å². The molecule has 5 nitrogen and oxygen atoms in total. The third-order valence-electron chi connectivity index (χ3n) is 6.84. The molecule has 0 unspecified atom stereocenters. The zero-order valence-corrected chi connectivity index (χ0v) is 24.7. The number of hydrogen-bond donors (Lipinski definition) is 0. The van der Waals surface area contributed by atoms with E-state index in [9.17, 15) is 8.42 Å². The monoisotopic (exact) mass is 706 g/mol. The number of hydrogen-bond acceptors (Lipinski definition) is 5. The number of pyridine rings is 3. The van der Waals surface area contributed by atoms with Crippen molar-refractivity contribution >= 4 is 31.4 Å². The van der Waals surface area contributed by atoms with Gasteiger partial charge in [-0.05, 0) is 64.5 Å². The molecule has 3 aromatic carbocycles. The average Bonchev–Trinajstić information content (AvgIpc) is 2.94. The van der Waals surface area contributed by atoms with Crippen LogP contribution in [0.25, 0.3) is 44.1 Å². The molecule has 1 radical (unpaired) electrons. The Morgan fingerprint density at radius 1 is 0.795 bits per heavy atom. The van der Waals surface area contributed by atoms with Crippen molar-refractivity contribution in [1.82, 2.24) is 15.0 Å². The molecule has 0 atom stereocenters. The fraction of sp³-hybridized carbons (Fsp3) is 0.0938. The van der Waals surface area contributed by atoms with Gasteiger partial charge in [0.05, 0.1) is 9.92 Å². The van der Waals surface area contributed by atoms with Crippen LogP contribution < -0.4 is 0 Å². The molecule has 0 bridgehead atoms. The van der Waals surface area contributed by atoms with E-state index in [-0.39, 0.29) is 30.0 Å². The second-order valence-electron chi connectivity index (χ2n) is 9.38. The molecule has 7 heteroatoms. The van der Waals surface area contributed by atoms with Gasteiger partial charge in [-0.25, -0.2) is 8.42 Å². The summed E-state index contributed by atoms with van der Waals surface area (Å²) in [6.07, 6.45) is 5.07. The van der Waals surface area contributed by atoms with Crippen LogP contribution in [0.5, 0.6) is 0 Å². The number of aryl methyl sites for hydroxylation is 3. The number of benzene rings is 3. The molecule has 0 N–H and O–H groups in total. The van der Waals surface area contributed by atoms with E-state index in [1.165, 1.54) is 22.9 Å². The number of fused-ring (bicyclic) bond motifs is 4. The van der Waals surface area contributed by atoms with E-state index >= 15 is 0 Å². The Kier molecular flexibility index (Phi) is 7.17. The molecule has 3 aromatic heterocycles. The Labute approximate surface area is 241 Å². The van der Waals surface area contributed by atoms with Gasteiger partial charge in [-0.3, -0.25) is 0 Å². The Morgan fingerprint density at radius 2 is 1.62 bits per heavy atom. The summed E-state index contributed by atoms with van der Waals surface area (Å²) < 4.78 is 26.0. The van der Waals surface area contributed by atoms with Gasteiger partial charge in [-0.2, -0.15) is 0 Å². The zero-order chi connectivity index (χ0) is 26.4. The molecule has 0 amide bonds. The van der Waals surface area contributed by atoms with Gasteiger partial charge in [0.1, 0.15) is 0 Å². The first-order valence-electron chi connectivity index (χ1n) is 12.2. The van der Waals surface area contributed by atoms with Crippen LogP contribution in [0.15, 0.2) is 95.2 Å². The van der Waals surface area contributed by atoms with Crippen molar-refractivity contribution in [1.29, 1.82) is 0 Å². The summed E-state index contributed by atoms with van der Waals surface area (Å²) in [6, 6.07) is 27.4. The maximum atomic E-state index is 13.0. The van der Waals surface area contributed by atoms with Gasteiger partial charge >= 0.3 is 0 Å². The molecule has 195 valence electrons. The molecule has 1 aliphatic heterocycles. The van der Waals surface area contributed by atoms with Gasteiger partial charge in [0.2, 0.25) is 0 Å². The molecule has 1 aliphatic rings. The second kappa shape index (κ2) is 10.4. The Bertz CT molecular complexity index is 1970. The van der Waals surface area contributed by atoms with E-state index in [2.05, 4.69) is 66.1 Å². The summed E-state index contributed by atoms with van der Waals surface area (Å²) in [4.78, 5) is 13.2. The molecule has 4 heterocycles. The smallest absolute Gasteiger partial charge is 0.188 e. The van der Waals surface area contributed by atoms with Gasteiger partial charge in [-0.15, -0.1) is 47.5 Å². The minimum Gasteiger partial charge on any atom is -0.340 e. The van der Waals surface area contributed by atoms with Crippen molar-refractivity contribution in [2.45, 2.75) is 30.7 Å². The molecule has 7 rings (SSSR count). The first-order valence-corrected chi connectivity index (χ1v) is 13.7. The first kappa shape index (κ1) is 26.8. The molecule has 39 heavy (non-hydrogen) atoms. The molecule has 0 saturated heterocycles. The predicted octanol–water partition coefficient (Wildman–Crippen LogP) is 6.87. The SMILES string of the molecule is Cc1c[c-]c(-c2cc(C)c(C)cn2)cc1.O=S1(=O)c2ncc[c-]c2-c2nccc3c2c1cc1ccccc13.[Ir]. The van der Waals surface area contributed by atoms with Crippen LogP contribution in [0.1, 0.15) is 16.7 Å².